The Balaban J connectivity index is 1.45. The van der Waals surface area contributed by atoms with E-state index in [2.05, 4.69) is 15.3 Å². The van der Waals surface area contributed by atoms with E-state index in [1.54, 1.807) is 22.9 Å². The van der Waals surface area contributed by atoms with Gasteiger partial charge in [0, 0.05) is 30.9 Å². The number of carbonyl (C=O) groups is 1. The van der Waals surface area contributed by atoms with Crippen LogP contribution < -0.4 is 11.1 Å². The van der Waals surface area contributed by atoms with Gasteiger partial charge in [-0.1, -0.05) is 0 Å². The van der Waals surface area contributed by atoms with E-state index in [1.807, 2.05) is 6.92 Å². The van der Waals surface area contributed by atoms with Crippen LogP contribution in [0.2, 0.25) is 0 Å². The molecule has 1 saturated heterocycles. The second-order valence-corrected chi connectivity index (χ2v) is 8.74. The largest absolute Gasteiger partial charge is 0.382 e. The molecule has 2 aromatic carbocycles. The van der Waals surface area contributed by atoms with Crippen LogP contribution in [0.25, 0.3) is 16.7 Å². The average Bonchev–Trinajstić information content (AvgIpc) is 3.24. The molecule has 4 aromatic rings. The Morgan fingerprint density at radius 3 is 2.58 bits per heavy atom. The van der Waals surface area contributed by atoms with Gasteiger partial charge in [0.25, 0.3) is 5.91 Å². The maximum absolute atomic E-state index is 13.5. The zero-order valence-electron chi connectivity index (χ0n) is 19.4. The van der Waals surface area contributed by atoms with Gasteiger partial charge in [0.2, 0.25) is 0 Å². The minimum atomic E-state index is -1.75. The van der Waals surface area contributed by atoms with Crippen LogP contribution in [0.3, 0.4) is 0 Å². The van der Waals surface area contributed by atoms with Crippen molar-refractivity contribution >= 4 is 28.4 Å². The fourth-order valence-corrected chi connectivity index (χ4v) is 4.48. The summed E-state index contributed by atoms with van der Waals surface area (Å²) in [5, 5.41) is 17.7. The minimum absolute atomic E-state index is 0.183. The molecule has 9 nitrogen and oxygen atoms in total. The lowest BCUT2D eigenvalue weighted by atomic mass is 9.96. The number of amides is 1. The lowest BCUT2D eigenvalue weighted by molar-refractivity contribution is -0.124. The molecule has 4 N–H and O–H groups in total. The van der Waals surface area contributed by atoms with Crippen LogP contribution in [0.15, 0.2) is 42.7 Å². The van der Waals surface area contributed by atoms with Crippen molar-refractivity contribution < 1.29 is 23.4 Å². The highest BCUT2D eigenvalue weighted by molar-refractivity contribution is 5.95. The highest BCUT2D eigenvalue weighted by Gasteiger charge is 2.26. The third-order valence-corrected chi connectivity index (χ3v) is 6.26. The van der Waals surface area contributed by atoms with Crippen molar-refractivity contribution in [2.45, 2.75) is 31.8 Å². The second kappa shape index (κ2) is 9.59. The molecule has 1 unspecified atom stereocenters. The summed E-state index contributed by atoms with van der Waals surface area (Å²) in [5.74, 6) is -2.10. The maximum atomic E-state index is 13.5. The van der Waals surface area contributed by atoms with Gasteiger partial charge in [0.05, 0.1) is 11.4 Å². The van der Waals surface area contributed by atoms with Gasteiger partial charge in [-0.25, -0.2) is 23.4 Å². The van der Waals surface area contributed by atoms with E-state index in [4.69, 9.17) is 15.6 Å². The van der Waals surface area contributed by atoms with Gasteiger partial charge in [-0.2, -0.15) is 5.10 Å². The van der Waals surface area contributed by atoms with Gasteiger partial charge >= 0.3 is 0 Å². The van der Waals surface area contributed by atoms with E-state index in [0.29, 0.717) is 47.5 Å². The molecule has 3 heterocycles. The number of rotatable bonds is 5. The molecule has 2 aromatic heterocycles. The first-order valence-corrected chi connectivity index (χ1v) is 11.4. The quantitative estimate of drug-likeness (QED) is 0.387. The number of hydrogen-bond acceptors (Lipinski definition) is 7. The van der Waals surface area contributed by atoms with Gasteiger partial charge in [-0.15, -0.1) is 0 Å². The number of aliphatic hydroxyl groups excluding tert-OH is 1. The third kappa shape index (κ3) is 4.50. The van der Waals surface area contributed by atoms with Gasteiger partial charge in [-0.3, -0.25) is 4.79 Å². The van der Waals surface area contributed by atoms with Crippen molar-refractivity contribution in [3.05, 3.63) is 71.2 Å². The van der Waals surface area contributed by atoms with Crippen molar-refractivity contribution in [1.82, 2.24) is 19.7 Å². The molecule has 186 valence electrons. The molecular weight excluding hydrogens is 470 g/mol. The molecule has 1 aliphatic rings. The molecule has 0 saturated carbocycles. The third-order valence-electron chi connectivity index (χ3n) is 6.26. The first kappa shape index (κ1) is 23.8. The Hall–Kier alpha value is -3.96. The SMILES string of the molecule is Cc1cc(NC(=O)C(O)c2cc(F)cc(F)c2)ccc1-n1nc(C2CCOCC2)c2ncnc(N)c21. The number of anilines is 2. The fourth-order valence-electron chi connectivity index (χ4n) is 4.48. The van der Waals surface area contributed by atoms with Gasteiger partial charge in [-0.05, 0) is 61.2 Å². The normalized spacial score (nSPS) is 15.2. The van der Waals surface area contributed by atoms with Crippen molar-refractivity contribution in [3.8, 4) is 5.69 Å². The van der Waals surface area contributed by atoms with Crippen molar-refractivity contribution in [1.29, 1.82) is 0 Å². The summed E-state index contributed by atoms with van der Waals surface area (Å²) in [6, 6.07) is 7.58. The molecule has 1 amide bonds. The number of nitrogen functional groups attached to an aromatic ring is 1. The molecule has 0 spiro atoms. The molecular formula is C25H24F2N6O3. The van der Waals surface area contributed by atoms with Gasteiger partial charge in [0.15, 0.2) is 11.9 Å². The summed E-state index contributed by atoms with van der Waals surface area (Å²) < 4.78 is 34.2. The van der Waals surface area contributed by atoms with E-state index in [-0.39, 0.29) is 11.5 Å². The van der Waals surface area contributed by atoms with E-state index in [0.717, 1.165) is 36.2 Å². The van der Waals surface area contributed by atoms with Crippen LogP contribution in [0.1, 0.15) is 41.7 Å². The Morgan fingerprint density at radius 2 is 1.89 bits per heavy atom. The first-order valence-electron chi connectivity index (χ1n) is 11.4. The smallest absolute Gasteiger partial charge is 0.257 e. The number of ether oxygens (including phenoxy) is 1. The molecule has 1 fully saturated rings. The van der Waals surface area contributed by atoms with Crippen molar-refractivity contribution in [3.63, 3.8) is 0 Å². The number of nitrogens with one attached hydrogen (secondary N) is 1. The Morgan fingerprint density at radius 1 is 1.17 bits per heavy atom. The average molecular weight is 495 g/mol. The molecule has 11 heteroatoms. The molecule has 0 radical (unpaired) electrons. The van der Waals surface area contributed by atoms with Crippen LogP contribution in [0, 0.1) is 18.6 Å². The van der Waals surface area contributed by atoms with E-state index in [1.165, 1.54) is 6.33 Å². The number of aromatic nitrogens is 4. The van der Waals surface area contributed by atoms with Crippen LogP contribution in [0.5, 0.6) is 0 Å². The maximum Gasteiger partial charge on any atom is 0.257 e. The Kier molecular flexibility index (Phi) is 6.33. The summed E-state index contributed by atoms with van der Waals surface area (Å²) in [4.78, 5) is 21.1. The summed E-state index contributed by atoms with van der Waals surface area (Å²) in [6.07, 6.45) is 1.34. The minimum Gasteiger partial charge on any atom is -0.382 e. The highest BCUT2D eigenvalue weighted by Crippen LogP contribution is 2.34. The number of hydrogen-bond donors (Lipinski definition) is 3. The lowest BCUT2D eigenvalue weighted by Gasteiger charge is -2.20. The van der Waals surface area contributed by atoms with Crippen molar-refractivity contribution in [2.75, 3.05) is 24.3 Å². The second-order valence-electron chi connectivity index (χ2n) is 8.74. The molecule has 1 aliphatic heterocycles. The molecule has 36 heavy (non-hydrogen) atoms. The summed E-state index contributed by atoms with van der Waals surface area (Å²) >= 11 is 0. The topological polar surface area (TPSA) is 128 Å². The predicted molar refractivity (Wildman–Crippen MR) is 129 cm³/mol. The summed E-state index contributed by atoms with van der Waals surface area (Å²) in [6.45, 7) is 3.15. The van der Waals surface area contributed by atoms with E-state index >= 15 is 0 Å². The van der Waals surface area contributed by atoms with Gasteiger partial charge < -0.3 is 20.9 Å². The van der Waals surface area contributed by atoms with E-state index < -0.39 is 23.6 Å². The van der Waals surface area contributed by atoms with E-state index in [9.17, 15) is 18.7 Å². The van der Waals surface area contributed by atoms with Crippen LogP contribution in [0.4, 0.5) is 20.3 Å². The van der Waals surface area contributed by atoms with Crippen molar-refractivity contribution in [2.24, 2.45) is 0 Å². The molecule has 1 atom stereocenters. The fraction of sp³-hybridized carbons (Fsp3) is 0.280. The summed E-state index contributed by atoms with van der Waals surface area (Å²) in [7, 11) is 0. The number of carbonyl (C=O) groups excluding carboxylic acids is 1. The molecule has 0 aliphatic carbocycles. The summed E-state index contributed by atoms with van der Waals surface area (Å²) in [5.41, 5.74) is 10.0. The molecule has 5 rings (SSSR count). The monoisotopic (exact) mass is 494 g/mol. The van der Waals surface area contributed by atoms with Crippen LogP contribution in [-0.2, 0) is 9.53 Å². The Bertz CT molecular complexity index is 1430. The number of nitrogens with two attached hydrogens (primary N) is 1. The first-order chi connectivity index (χ1) is 17.3. The standard InChI is InChI=1S/C25H24F2N6O3/c1-13-8-18(31-25(35)23(34)15-9-16(26)11-17(27)10-15)2-3-19(13)33-22-21(29-12-30-24(22)28)20(32-33)14-4-6-36-7-5-14/h2-3,8-12,14,23,34H,4-7H2,1H3,(H,31,35)(H2,28,29,30). The lowest BCUT2D eigenvalue weighted by Crippen LogP contribution is -2.21. The number of aliphatic hydroxyl groups is 1. The predicted octanol–water partition coefficient (Wildman–Crippen LogP) is 3.55. The van der Waals surface area contributed by atoms with Gasteiger partial charge in [0.1, 0.15) is 29.0 Å². The van der Waals surface area contributed by atoms with Crippen LogP contribution in [-0.4, -0.2) is 44.0 Å². The molecule has 0 bridgehead atoms. The number of halogens is 2. The number of fused-ring (bicyclic) bond motifs is 1. The Labute approximate surface area is 204 Å². The zero-order valence-corrected chi connectivity index (χ0v) is 19.4. The highest BCUT2D eigenvalue weighted by atomic mass is 19.1. The number of benzene rings is 2. The zero-order chi connectivity index (χ0) is 25.4. The van der Waals surface area contributed by atoms with Crippen LogP contribution >= 0.6 is 0 Å². The number of aryl methyl sites for hydroxylation is 1. The number of nitrogens with zero attached hydrogens (tertiary/aromatic N) is 4.